The molecule has 0 aliphatic carbocycles. The Bertz CT molecular complexity index is 1090. The number of hydrogen-bond donors (Lipinski definition) is 0. The predicted octanol–water partition coefficient (Wildman–Crippen LogP) is 5.07. The smallest absolute Gasteiger partial charge is 0.170 e. The Labute approximate surface area is 187 Å². The minimum absolute atomic E-state index is 0.0315. The van der Waals surface area contributed by atoms with Gasteiger partial charge < -0.3 is 18.9 Å². The number of aromatic nitrogens is 1. The van der Waals surface area contributed by atoms with Crippen LogP contribution in [0.4, 0.5) is 4.39 Å². The summed E-state index contributed by atoms with van der Waals surface area (Å²) in [5.74, 6) is 1.58. The maximum Gasteiger partial charge on any atom is 0.170 e. The molecule has 0 radical (unpaired) electrons. The summed E-state index contributed by atoms with van der Waals surface area (Å²) in [6.45, 7) is 7.18. The van der Waals surface area contributed by atoms with Gasteiger partial charge in [-0.05, 0) is 57.1 Å². The average Bonchev–Trinajstić information content (AvgIpc) is 3.20. The van der Waals surface area contributed by atoms with Gasteiger partial charge in [-0.1, -0.05) is 12.1 Å². The van der Waals surface area contributed by atoms with E-state index in [1.54, 1.807) is 25.3 Å². The standard InChI is InChI=1S/C25H29FN2O4/c1-16(15-31-20-5-7-21(17(2)29)23(13-20)30-3)14-28-10-8-18(9-11-28)25-22-6-4-19(26)12-24(22)32-27-25/h4-7,12-13,16,18H,8-11,14-15H2,1-3H3. The number of methoxy groups -OCH3 is 1. The highest BCUT2D eigenvalue weighted by molar-refractivity contribution is 5.97. The molecule has 1 aromatic heterocycles. The molecule has 0 N–H and O–H groups in total. The summed E-state index contributed by atoms with van der Waals surface area (Å²) < 4.78 is 30.0. The molecule has 1 fully saturated rings. The molecule has 2 heterocycles. The van der Waals surface area contributed by atoms with Crippen molar-refractivity contribution in [3.05, 3.63) is 53.5 Å². The Balaban J connectivity index is 1.27. The Hall–Kier alpha value is -2.93. The molecular weight excluding hydrogens is 411 g/mol. The molecule has 0 saturated carbocycles. The number of ether oxygens (including phenoxy) is 2. The first-order chi connectivity index (χ1) is 15.4. The van der Waals surface area contributed by atoms with Crippen molar-refractivity contribution in [3.8, 4) is 11.5 Å². The third-order valence-corrected chi connectivity index (χ3v) is 6.09. The fourth-order valence-corrected chi connectivity index (χ4v) is 4.40. The van der Waals surface area contributed by atoms with Crippen molar-refractivity contribution in [3.63, 3.8) is 0 Å². The van der Waals surface area contributed by atoms with Crippen LogP contribution >= 0.6 is 0 Å². The van der Waals surface area contributed by atoms with Crippen LogP contribution in [-0.4, -0.2) is 49.2 Å². The van der Waals surface area contributed by atoms with Crippen molar-refractivity contribution in [2.75, 3.05) is 33.4 Å². The zero-order valence-corrected chi connectivity index (χ0v) is 18.8. The van der Waals surface area contributed by atoms with Crippen LogP contribution in [0.2, 0.25) is 0 Å². The third-order valence-electron chi connectivity index (χ3n) is 6.09. The molecule has 1 atom stereocenters. The van der Waals surface area contributed by atoms with Crippen molar-refractivity contribution in [2.24, 2.45) is 5.92 Å². The SMILES string of the molecule is COc1cc(OCC(C)CN2CCC(c3noc4cc(F)ccc34)CC2)ccc1C(C)=O. The van der Waals surface area contributed by atoms with Crippen molar-refractivity contribution in [2.45, 2.75) is 32.6 Å². The molecule has 1 saturated heterocycles. The van der Waals surface area contributed by atoms with Gasteiger partial charge in [0, 0.05) is 35.9 Å². The molecule has 1 aliphatic heterocycles. The fourth-order valence-electron chi connectivity index (χ4n) is 4.40. The van der Waals surface area contributed by atoms with E-state index >= 15 is 0 Å². The fraction of sp³-hybridized carbons (Fsp3) is 0.440. The van der Waals surface area contributed by atoms with Crippen LogP contribution in [0.5, 0.6) is 11.5 Å². The number of likely N-dealkylation sites (tertiary alicyclic amines) is 1. The summed E-state index contributed by atoms with van der Waals surface area (Å²) in [7, 11) is 1.55. The van der Waals surface area contributed by atoms with Crippen LogP contribution in [0, 0.1) is 11.7 Å². The van der Waals surface area contributed by atoms with Crippen LogP contribution in [0.15, 0.2) is 40.9 Å². The van der Waals surface area contributed by atoms with Crippen molar-refractivity contribution in [1.82, 2.24) is 10.1 Å². The maximum atomic E-state index is 13.4. The van der Waals surface area contributed by atoms with Crippen LogP contribution < -0.4 is 9.47 Å². The Morgan fingerprint density at radius 1 is 1.25 bits per heavy atom. The second kappa shape index (κ2) is 9.69. The topological polar surface area (TPSA) is 64.8 Å². The van der Waals surface area contributed by atoms with Gasteiger partial charge in [0.25, 0.3) is 0 Å². The van der Waals surface area contributed by atoms with E-state index in [4.69, 9.17) is 14.0 Å². The summed E-state index contributed by atoms with van der Waals surface area (Å²) in [6.07, 6.45) is 1.99. The molecule has 32 heavy (non-hydrogen) atoms. The lowest BCUT2D eigenvalue weighted by atomic mass is 9.91. The molecule has 0 amide bonds. The maximum absolute atomic E-state index is 13.4. The van der Waals surface area contributed by atoms with Gasteiger partial charge in [0.15, 0.2) is 11.4 Å². The van der Waals surface area contributed by atoms with E-state index in [9.17, 15) is 9.18 Å². The van der Waals surface area contributed by atoms with Gasteiger partial charge in [0.05, 0.1) is 25.0 Å². The number of carbonyl (C=O) groups is 1. The normalized spacial score (nSPS) is 16.2. The average molecular weight is 441 g/mol. The van der Waals surface area contributed by atoms with Crippen LogP contribution in [0.3, 0.4) is 0 Å². The molecule has 1 aliphatic rings. The molecule has 3 aromatic rings. The molecule has 170 valence electrons. The van der Waals surface area contributed by atoms with Gasteiger partial charge in [0.1, 0.15) is 17.3 Å². The monoisotopic (exact) mass is 440 g/mol. The van der Waals surface area contributed by atoms with E-state index in [1.807, 2.05) is 6.07 Å². The van der Waals surface area contributed by atoms with Gasteiger partial charge >= 0.3 is 0 Å². The third kappa shape index (κ3) is 4.93. The van der Waals surface area contributed by atoms with Crippen LogP contribution in [-0.2, 0) is 0 Å². The van der Waals surface area contributed by atoms with Gasteiger partial charge in [0.2, 0.25) is 0 Å². The van der Waals surface area contributed by atoms with Crippen molar-refractivity contribution >= 4 is 16.8 Å². The summed E-state index contributed by atoms with van der Waals surface area (Å²) in [4.78, 5) is 14.1. The molecule has 4 rings (SSSR count). The number of benzene rings is 2. The number of carbonyl (C=O) groups excluding carboxylic acids is 1. The van der Waals surface area contributed by atoms with E-state index in [2.05, 4.69) is 17.0 Å². The van der Waals surface area contributed by atoms with Gasteiger partial charge in [-0.2, -0.15) is 0 Å². The molecular formula is C25H29FN2O4. The Morgan fingerprint density at radius 3 is 2.75 bits per heavy atom. The first-order valence-electron chi connectivity index (χ1n) is 11.0. The number of rotatable bonds is 8. The number of piperidine rings is 1. The van der Waals surface area contributed by atoms with E-state index in [0.717, 1.165) is 43.6 Å². The Morgan fingerprint density at radius 2 is 2.03 bits per heavy atom. The minimum Gasteiger partial charge on any atom is -0.496 e. The summed E-state index contributed by atoms with van der Waals surface area (Å²) >= 11 is 0. The molecule has 0 bridgehead atoms. The number of fused-ring (bicyclic) bond motifs is 1. The Kier molecular flexibility index (Phi) is 6.74. The minimum atomic E-state index is -0.306. The summed E-state index contributed by atoms with van der Waals surface area (Å²) in [5, 5.41) is 5.14. The second-order valence-corrected chi connectivity index (χ2v) is 8.62. The van der Waals surface area contributed by atoms with E-state index in [0.29, 0.717) is 41.1 Å². The second-order valence-electron chi connectivity index (χ2n) is 8.62. The number of halogens is 1. The van der Waals surface area contributed by atoms with Gasteiger partial charge in [-0.3, -0.25) is 4.79 Å². The zero-order valence-electron chi connectivity index (χ0n) is 18.8. The van der Waals surface area contributed by atoms with Crippen molar-refractivity contribution < 1.29 is 23.2 Å². The molecule has 7 heteroatoms. The van der Waals surface area contributed by atoms with E-state index < -0.39 is 0 Å². The number of Topliss-reactive ketones (excluding diaryl/α,β-unsaturated/α-hetero) is 1. The van der Waals surface area contributed by atoms with Crippen LogP contribution in [0.1, 0.15) is 48.7 Å². The molecule has 6 nitrogen and oxygen atoms in total. The first-order valence-corrected chi connectivity index (χ1v) is 11.0. The van der Waals surface area contributed by atoms with Crippen molar-refractivity contribution in [1.29, 1.82) is 0 Å². The van der Waals surface area contributed by atoms with Gasteiger partial charge in [-0.25, -0.2) is 4.39 Å². The quantitative estimate of drug-likeness (QED) is 0.456. The molecule has 2 aromatic carbocycles. The zero-order chi connectivity index (χ0) is 22.7. The number of hydrogen-bond acceptors (Lipinski definition) is 6. The predicted molar refractivity (Wildman–Crippen MR) is 120 cm³/mol. The van der Waals surface area contributed by atoms with E-state index in [-0.39, 0.29) is 11.6 Å². The largest absolute Gasteiger partial charge is 0.496 e. The molecule has 0 spiro atoms. The van der Waals surface area contributed by atoms with Gasteiger partial charge in [-0.15, -0.1) is 0 Å². The lowest BCUT2D eigenvalue weighted by Gasteiger charge is -2.32. The highest BCUT2D eigenvalue weighted by Gasteiger charge is 2.26. The highest BCUT2D eigenvalue weighted by Crippen LogP contribution is 2.33. The molecule has 1 unspecified atom stereocenters. The first kappa shape index (κ1) is 22.3. The lowest BCUT2D eigenvalue weighted by Crippen LogP contribution is -2.37. The number of nitrogens with zero attached hydrogens (tertiary/aromatic N) is 2. The summed E-state index contributed by atoms with van der Waals surface area (Å²) in [6, 6.07) is 9.94. The van der Waals surface area contributed by atoms with E-state index in [1.165, 1.54) is 19.1 Å². The number of ketones is 1. The summed E-state index contributed by atoms with van der Waals surface area (Å²) in [5.41, 5.74) is 2.01. The lowest BCUT2D eigenvalue weighted by molar-refractivity contribution is 0.101. The highest BCUT2D eigenvalue weighted by atomic mass is 19.1. The van der Waals surface area contributed by atoms with Crippen LogP contribution in [0.25, 0.3) is 11.0 Å².